The fraction of sp³-hybridized carbons (Fsp3) is 0.583. The van der Waals surface area contributed by atoms with Crippen LogP contribution >= 0.6 is 0 Å². The molecule has 0 fully saturated rings. The van der Waals surface area contributed by atoms with Crippen LogP contribution in [0.4, 0.5) is 13.2 Å². The molecular weight excluding hydrogens is 277 g/mol. The third kappa shape index (κ3) is 4.36. The average molecular weight is 294 g/mol. The summed E-state index contributed by atoms with van der Waals surface area (Å²) in [6.45, 7) is 6.80. The van der Waals surface area contributed by atoms with Gasteiger partial charge in [0.1, 0.15) is 4.75 Å². The van der Waals surface area contributed by atoms with Gasteiger partial charge in [-0.3, -0.25) is 4.98 Å². The molecule has 0 aliphatic rings. The Morgan fingerprint density at radius 2 is 1.89 bits per heavy atom. The molecule has 7 heteroatoms. The lowest BCUT2D eigenvalue weighted by atomic mass is 10.0. The Morgan fingerprint density at radius 1 is 1.32 bits per heavy atom. The molecule has 1 N–H and O–H groups in total. The average Bonchev–Trinajstić information content (AvgIpc) is 2.26. The minimum atomic E-state index is -4.47. The number of halogens is 3. The van der Waals surface area contributed by atoms with Gasteiger partial charge >= 0.3 is 6.18 Å². The number of nitrogens with zero attached hydrogens (tertiary/aromatic N) is 1. The number of aromatic nitrogens is 1. The maximum absolute atomic E-state index is 12.8. The fourth-order valence-electron chi connectivity index (χ4n) is 1.42. The van der Waals surface area contributed by atoms with E-state index in [9.17, 15) is 17.7 Å². The van der Waals surface area contributed by atoms with Crippen LogP contribution in [0.1, 0.15) is 44.9 Å². The Morgan fingerprint density at radius 3 is 2.37 bits per heavy atom. The second kappa shape index (κ2) is 5.68. The number of hydrogen-bond acceptors (Lipinski definition) is 3. The normalized spacial score (nSPS) is 16.2. The number of pyridine rings is 1. The van der Waals surface area contributed by atoms with Crippen molar-refractivity contribution in [1.82, 2.24) is 9.71 Å². The highest BCUT2D eigenvalue weighted by Crippen LogP contribution is 2.34. The molecule has 108 valence electrons. The van der Waals surface area contributed by atoms with Crippen LogP contribution in [-0.2, 0) is 17.5 Å². The summed E-state index contributed by atoms with van der Waals surface area (Å²) in [5, 5.41) is 0. The van der Waals surface area contributed by atoms with Crippen molar-refractivity contribution in [2.45, 2.75) is 44.7 Å². The van der Waals surface area contributed by atoms with Crippen LogP contribution in [-0.4, -0.2) is 14.3 Å². The highest BCUT2D eigenvalue weighted by molar-refractivity contribution is 7.90. The smallest absolute Gasteiger partial charge is 0.418 e. The van der Waals surface area contributed by atoms with Crippen molar-refractivity contribution in [3.8, 4) is 0 Å². The summed E-state index contributed by atoms with van der Waals surface area (Å²) in [5.41, 5.74) is -0.763. The summed E-state index contributed by atoms with van der Waals surface area (Å²) < 4.78 is 52.6. The molecule has 0 bridgehead atoms. The van der Waals surface area contributed by atoms with Gasteiger partial charge in [0.2, 0.25) is 0 Å². The molecule has 1 heterocycles. The highest BCUT2D eigenvalue weighted by Gasteiger charge is 2.36. The topological polar surface area (TPSA) is 48.0 Å². The summed E-state index contributed by atoms with van der Waals surface area (Å²) in [5.74, 6) is 0. The zero-order valence-electron chi connectivity index (χ0n) is 11.2. The Kier molecular flexibility index (Phi) is 4.86. The number of alkyl halides is 3. The van der Waals surface area contributed by atoms with Crippen molar-refractivity contribution in [3.05, 3.63) is 29.6 Å². The molecule has 0 spiro atoms. The van der Waals surface area contributed by atoms with Gasteiger partial charge in [-0.25, -0.2) is 0 Å². The van der Waals surface area contributed by atoms with Crippen molar-refractivity contribution >= 4 is 11.4 Å². The highest BCUT2D eigenvalue weighted by atomic mass is 32.2. The molecule has 3 nitrogen and oxygen atoms in total. The van der Waals surface area contributed by atoms with Gasteiger partial charge in [0.05, 0.1) is 11.6 Å². The standard InChI is InChI=1S/C12H17F3N2OS/c1-8(17-19(18)11(2,3)4)9-5-6-16-7-10(9)12(13,14)15/h5-8,17H,1-4H3/t8-,19-/m0/s1. The summed E-state index contributed by atoms with van der Waals surface area (Å²) >= 11 is -1.44. The summed E-state index contributed by atoms with van der Waals surface area (Å²) in [7, 11) is 0. The lowest BCUT2D eigenvalue weighted by Crippen LogP contribution is -2.40. The van der Waals surface area contributed by atoms with E-state index >= 15 is 0 Å². The van der Waals surface area contributed by atoms with E-state index in [2.05, 4.69) is 9.71 Å². The second-order valence-electron chi connectivity index (χ2n) is 5.18. The van der Waals surface area contributed by atoms with Gasteiger partial charge in [-0.15, -0.1) is 4.72 Å². The van der Waals surface area contributed by atoms with Crippen LogP contribution in [0.15, 0.2) is 18.5 Å². The number of hydrogen-bond donors (Lipinski definition) is 1. The molecule has 0 amide bonds. The third-order valence-electron chi connectivity index (χ3n) is 2.47. The van der Waals surface area contributed by atoms with E-state index in [1.54, 1.807) is 27.7 Å². The summed E-state index contributed by atoms with van der Waals surface area (Å²) in [6.07, 6.45) is -2.39. The molecule has 0 aromatic carbocycles. The van der Waals surface area contributed by atoms with Gasteiger partial charge in [0.25, 0.3) is 0 Å². The molecule has 1 aromatic rings. The molecule has 0 radical (unpaired) electrons. The van der Waals surface area contributed by atoms with E-state index in [0.29, 0.717) is 0 Å². The van der Waals surface area contributed by atoms with Crippen molar-refractivity contribution in [2.75, 3.05) is 0 Å². The van der Waals surface area contributed by atoms with E-state index in [1.807, 2.05) is 0 Å². The summed E-state index contributed by atoms with van der Waals surface area (Å²) in [4.78, 5) is 3.50. The van der Waals surface area contributed by atoms with Crippen LogP contribution in [0.2, 0.25) is 0 Å². The van der Waals surface area contributed by atoms with Gasteiger partial charge < -0.3 is 4.55 Å². The number of nitrogens with one attached hydrogen (secondary N) is 1. The van der Waals surface area contributed by atoms with E-state index in [-0.39, 0.29) is 5.56 Å². The van der Waals surface area contributed by atoms with Crippen LogP contribution < -0.4 is 4.72 Å². The Bertz CT molecular complexity index is 432. The van der Waals surface area contributed by atoms with Crippen molar-refractivity contribution in [3.63, 3.8) is 0 Å². The molecule has 2 atom stereocenters. The first kappa shape index (κ1) is 16.3. The van der Waals surface area contributed by atoms with Crippen molar-refractivity contribution in [1.29, 1.82) is 0 Å². The first-order valence-electron chi connectivity index (χ1n) is 5.72. The summed E-state index contributed by atoms with van der Waals surface area (Å²) in [6, 6.07) is 0.611. The largest absolute Gasteiger partial charge is 0.598 e. The monoisotopic (exact) mass is 294 g/mol. The molecule has 19 heavy (non-hydrogen) atoms. The molecule has 0 saturated carbocycles. The third-order valence-corrected chi connectivity index (χ3v) is 4.15. The zero-order valence-corrected chi connectivity index (χ0v) is 12.0. The van der Waals surface area contributed by atoms with Gasteiger partial charge in [-0.2, -0.15) is 13.2 Å². The molecular formula is C12H17F3N2OS. The van der Waals surface area contributed by atoms with Gasteiger partial charge in [0.15, 0.2) is 0 Å². The van der Waals surface area contributed by atoms with E-state index in [0.717, 1.165) is 6.20 Å². The molecule has 0 saturated heterocycles. The van der Waals surface area contributed by atoms with Crippen LogP contribution in [0.5, 0.6) is 0 Å². The SMILES string of the molecule is C[C@H](N[S@@+]([O-])C(C)(C)C)c1ccncc1C(F)(F)F. The Hall–Kier alpha value is -0.790. The zero-order chi connectivity index (χ0) is 14.8. The van der Waals surface area contributed by atoms with Crippen LogP contribution in [0.25, 0.3) is 0 Å². The number of rotatable bonds is 3. The van der Waals surface area contributed by atoms with E-state index in [4.69, 9.17) is 0 Å². The lowest BCUT2D eigenvalue weighted by Gasteiger charge is -2.27. The fourth-order valence-corrected chi connectivity index (χ4v) is 2.22. The molecule has 0 aliphatic carbocycles. The van der Waals surface area contributed by atoms with Crippen LogP contribution in [0.3, 0.4) is 0 Å². The first-order chi connectivity index (χ1) is 8.53. The van der Waals surface area contributed by atoms with Crippen molar-refractivity contribution < 1.29 is 17.7 Å². The first-order valence-corrected chi connectivity index (χ1v) is 6.87. The minimum absolute atomic E-state index is 0.0418. The van der Waals surface area contributed by atoms with E-state index < -0.39 is 33.9 Å². The maximum Gasteiger partial charge on any atom is 0.418 e. The van der Waals surface area contributed by atoms with Crippen LogP contribution in [0, 0.1) is 0 Å². The maximum atomic E-state index is 12.8. The molecule has 0 aliphatic heterocycles. The lowest BCUT2D eigenvalue weighted by molar-refractivity contribution is -0.138. The second-order valence-corrected chi connectivity index (χ2v) is 7.18. The van der Waals surface area contributed by atoms with Gasteiger partial charge in [0, 0.05) is 23.8 Å². The van der Waals surface area contributed by atoms with Gasteiger partial charge in [-0.05, 0) is 39.3 Å². The molecule has 0 unspecified atom stereocenters. The predicted molar refractivity (Wildman–Crippen MR) is 68.7 cm³/mol. The quantitative estimate of drug-likeness (QED) is 0.871. The molecule has 1 aromatic heterocycles. The molecule has 1 rings (SSSR count). The van der Waals surface area contributed by atoms with E-state index in [1.165, 1.54) is 12.3 Å². The Balaban J connectivity index is 2.98. The minimum Gasteiger partial charge on any atom is -0.598 e. The van der Waals surface area contributed by atoms with Gasteiger partial charge in [-0.1, -0.05) is 0 Å². The van der Waals surface area contributed by atoms with Crippen molar-refractivity contribution in [2.24, 2.45) is 0 Å². The Labute approximate surface area is 113 Å². The predicted octanol–water partition coefficient (Wildman–Crippen LogP) is 3.21.